The monoisotopic (exact) mass is 380 g/mol. The molecule has 0 heterocycles. The largest absolute Gasteiger partial charge is 0.308 e. The Bertz CT molecular complexity index is 972. The standard InChI is InChI=1S/C18H18F2N2O3S/c1-11-9-15(6-7-16(11)20)26(24,25)21-17-10-13(19)3-8-18(17)22(12(2)23)14-4-5-14/h3,6-10,14,21H,4-5H2,1-2H3. The number of sulfonamides is 1. The summed E-state index contributed by atoms with van der Waals surface area (Å²) in [7, 11) is -4.08. The fourth-order valence-electron chi connectivity index (χ4n) is 2.74. The van der Waals surface area contributed by atoms with Gasteiger partial charge in [0.05, 0.1) is 16.3 Å². The lowest BCUT2D eigenvalue weighted by Crippen LogP contribution is -2.31. The zero-order valence-corrected chi connectivity index (χ0v) is 15.1. The third kappa shape index (κ3) is 3.70. The molecule has 3 rings (SSSR count). The maximum atomic E-state index is 13.7. The third-order valence-electron chi connectivity index (χ3n) is 4.15. The minimum atomic E-state index is -4.08. The van der Waals surface area contributed by atoms with E-state index in [-0.39, 0.29) is 28.1 Å². The second-order valence-electron chi connectivity index (χ2n) is 6.30. The van der Waals surface area contributed by atoms with E-state index in [4.69, 9.17) is 0 Å². The molecule has 1 N–H and O–H groups in total. The molecule has 2 aromatic carbocycles. The Balaban J connectivity index is 2.02. The summed E-state index contributed by atoms with van der Waals surface area (Å²) in [6, 6.07) is 6.95. The van der Waals surface area contributed by atoms with Crippen LogP contribution in [-0.2, 0) is 14.8 Å². The van der Waals surface area contributed by atoms with Gasteiger partial charge in [0, 0.05) is 19.0 Å². The second kappa shape index (κ2) is 6.68. The molecule has 2 aromatic rings. The van der Waals surface area contributed by atoms with E-state index in [0.29, 0.717) is 5.69 Å². The highest BCUT2D eigenvalue weighted by Crippen LogP contribution is 2.37. The van der Waals surface area contributed by atoms with Gasteiger partial charge in [0.1, 0.15) is 11.6 Å². The molecule has 0 spiro atoms. The zero-order chi connectivity index (χ0) is 19.1. The lowest BCUT2D eigenvalue weighted by Gasteiger charge is -2.24. The number of anilines is 2. The van der Waals surface area contributed by atoms with Gasteiger partial charge in [-0.15, -0.1) is 0 Å². The molecule has 1 fully saturated rings. The number of aryl methyl sites for hydroxylation is 1. The van der Waals surface area contributed by atoms with Gasteiger partial charge in [0.25, 0.3) is 10.0 Å². The Hall–Kier alpha value is -2.48. The SMILES string of the molecule is CC(=O)N(c1ccc(F)cc1NS(=O)(=O)c1ccc(F)c(C)c1)C1CC1. The van der Waals surface area contributed by atoms with Gasteiger partial charge in [-0.25, -0.2) is 17.2 Å². The van der Waals surface area contributed by atoms with Crippen molar-refractivity contribution in [3.8, 4) is 0 Å². The Labute approximate surface area is 150 Å². The first kappa shape index (κ1) is 18.3. The van der Waals surface area contributed by atoms with E-state index >= 15 is 0 Å². The minimum absolute atomic E-state index is 0.0192. The Morgan fingerprint density at radius 1 is 1.15 bits per heavy atom. The summed E-state index contributed by atoms with van der Waals surface area (Å²) in [4.78, 5) is 13.3. The molecule has 138 valence electrons. The lowest BCUT2D eigenvalue weighted by molar-refractivity contribution is -0.116. The van der Waals surface area contributed by atoms with Crippen LogP contribution < -0.4 is 9.62 Å². The first-order valence-corrected chi connectivity index (χ1v) is 9.55. The van der Waals surface area contributed by atoms with E-state index in [0.717, 1.165) is 31.0 Å². The molecule has 5 nitrogen and oxygen atoms in total. The maximum absolute atomic E-state index is 13.7. The molecule has 1 aliphatic carbocycles. The van der Waals surface area contributed by atoms with Gasteiger partial charge in [-0.2, -0.15) is 0 Å². The van der Waals surface area contributed by atoms with Crippen LogP contribution >= 0.6 is 0 Å². The van der Waals surface area contributed by atoms with E-state index < -0.39 is 21.7 Å². The van der Waals surface area contributed by atoms with Crippen LogP contribution in [0, 0.1) is 18.6 Å². The van der Waals surface area contributed by atoms with Gasteiger partial charge in [-0.05, 0) is 55.7 Å². The van der Waals surface area contributed by atoms with Crippen molar-refractivity contribution in [2.75, 3.05) is 9.62 Å². The van der Waals surface area contributed by atoms with Gasteiger partial charge < -0.3 is 4.90 Å². The molecule has 0 bridgehead atoms. The summed E-state index contributed by atoms with van der Waals surface area (Å²) in [5.74, 6) is -1.41. The highest BCUT2D eigenvalue weighted by Gasteiger charge is 2.34. The van der Waals surface area contributed by atoms with Gasteiger partial charge in [-0.1, -0.05) is 0 Å². The average molecular weight is 380 g/mol. The summed E-state index contributed by atoms with van der Waals surface area (Å²) in [5.41, 5.74) is 0.438. The van der Waals surface area contributed by atoms with E-state index in [1.54, 1.807) is 0 Å². The molecular weight excluding hydrogens is 362 g/mol. The molecule has 0 atom stereocenters. The van der Waals surface area contributed by atoms with Crippen LogP contribution in [0.15, 0.2) is 41.3 Å². The zero-order valence-electron chi connectivity index (χ0n) is 14.3. The summed E-state index contributed by atoms with van der Waals surface area (Å²) in [6.07, 6.45) is 1.61. The number of hydrogen-bond donors (Lipinski definition) is 1. The summed E-state index contributed by atoms with van der Waals surface area (Å²) < 4.78 is 54.8. The van der Waals surface area contributed by atoms with Crippen LogP contribution in [0.3, 0.4) is 0 Å². The van der Waals surface area contributed by atoms with Crippen molar-refractivity contribution in [2.45, 2.75) is 37.6 Å². The van der Waals surface area contributed by atoms with E-state index in [9.17, 15) is 22.0 Å². The number of carbonyl (C=O) groups excluding carboxylic acids is 1. The van der Waals surface area contributed by atoms with Crippen LogP contribution in [-0.4, -0.2) is 20.4 Å². The van der Waals surface area contributed by atoms with Gasteiger partial charge in [-0.3, -0.25) is 9.52 Å². The molecule has 0 saturated heterocycles. The number of nitrogens with zero attached hydrogens (tertiary/aromatic N) is 1. The quantitative estimate of drug-likeness (QED) is 0.862. The molecule has 1 saturated carbocycles. The lowest BCUT2D eigenvalue weighted by atomic mass is 10.2. The average Bonchev–Trinajstić information content (AvgIpc) is 3.36. The Kier molecular flexibility index (Phi) is 4.70. The van der Waals surface area contributed by atoms with E-state index in [1.165, 1.54) is 36.9 Å². The highest BCUT2D eigenvalue weighted by atomic mass is 32.2. The smallest absolute Gasteiger partial charge is 0.261 e. The van der Waals surface area contributed by atoms with Gasteiger partial charge in [0.15, 0.2) is 0 Å². The number of halogens is 2. The predicted molar refractivity (Wildman–Crippen MR) is 94.5 cm³/mol. The molecule has 0 aromatic heterocycles. The van der Waals surface area contributed by atoms with Crippen LogP contribution in [0.25, 0.3) is 0 Å². The number of hydrogen-bond acceptors (Lipinski definition) is 3. The molecule has 1 aliphatic rings. The van der Waals surface area contributed by atoms with Crippen molar-refractivity contribution in [3.63, 3.8) is 0 Å². The number of amides is 1. The van der Waals surface area contributed by atoms with Gasteiger partial charge in [0.2, 0.25) is 5.91 Å². The molecule has 8 heteroatoms. The number of carbonyl (C=O) groups is 1. The summed E-state index contributed by atoms with van der Waals surface area (Å²) >= 11 is 0. The van der Waals surface area contributed by atoms with Crippen LogP contribution in [0.5, 0.6) is 0 Å². The fraction of sp³-hybridized carbons (Fsp3) is 0.278. The maximum Gasteiger partial charge on any atom is 0.261 e. The van der Waals surface area contributed by atoms with E-state index in [2.05, 4.69) is 4.72 Å². The summed E-state index contributed by atoms with van der Waals surface area (Å²) in [5, 5.41) is 0. The minimum Gasteiger partial charge on any atom is -0.308 e. The van der Waals surface area contributed by atoms with Crippen LogP contribution in [0.4, 0.5) is 20.2 Å². The van der Waals surface area contributed by atoms with E-state index in [1.807, 2.05) is 0 Å². The Morgan fingerprint density at radius 2 is 1.85 bits per heavy atom. The van der Waals surface area contributed by atoms with Crippen molar-refractivity contribution >= 4 is 27.3 Å². The first-order chi connectivity index (χ1) is 12.2. The van der Waals surface area contributed by atoms with Crippen LogP contribution in [0.1, 0.15) is 25.3 Å². The molecular formula is C18H18F2N2O3S. The number of nitrogens with one attached hydrogen (secondary N) is 1. The highest BCUT2D eigenvalue weighted by molar-refractivity contribution is 7.92. The second-order valence-corrected chi connectivity index (χ2v) is 7.98. The molecule has 1 amide bonds. The molecule has 0 aliphatic heterocycles. The predicted octanol–water partition coefficient (Wildman–Crippen LogP) is 3.59. The van der Waals surface area contributed by atoms with Crippen molar-refractivity contribution in [1.82, 2.24) is 0 Å². The molecule has 0 unspecified atom stereocenters. The van der Waals surface area contributed by atoms with Crippen molar-refractivity contribution < 1.29 is 22.0 Å². The van der Waals surface area contributed by atoms with Crippen molar-refractivity contribution in [2.24, 2.45) is 0 Å². The first-order valence-electron chi connectivity index (χ1n) is 8.07. The summed E-state index contributed by atoms with van der Waals surface area (Å²) in [6.45, 7) is 2.83. The van der Waals surface area contributed by atoms with Crippen LogP contribution in [0.2, 0.25) is 0 Å². The fourth-order valence-corrected chi connectivity index (χ4v) is 3.89. The van der Waals surface area contributed by atoms with Crippen molar-refractivity contribution in [1.29, 1.82) is 0 Å². The normalized spacial score (nSPS) is 14.2. The number of benzene rings is 2. The Morgan fingerprint density at radius 3 is 2.42 bits per heavy atom. The van der Waals surface area contributed by atoms with Gasteiger partial charge >= 0.3 is 0 Å². The van der Waals surface area contributed by atoms with Crippen molar-refractivity contribution in [3.05, 3.63) is 53.6 Å². The molecule has 26 heavy (non-hydrogen) atoms. The molecule has 0 radical (unpaired) electrons. The number of rotatable bonds is 5. The topological polar surface area (TPSA) is 66.5 Å². The third-order valence-corrected chi connectivity index (χ3v) is 5.52.